The van der Waals surface area contributed by atoms with Crippen LogP contribution in [-0.2, 0) is 20.1 Å². The number of hydrogen-bond donors (Lipinski definition) is 1. The fraction of sp³-hybridized carbons (Fsp3) is 0.0426. The average Bonchev–Trinajstić information content (AvgIpc) is 3.72. The topological polar surface area (TPSA) is 98.1 Å². The van der Waals surface area contributed by atoms with Crippen LogP contribution in [0.2, 0.25) is 0 Å². The Morgan fingerprint density at radius 3 is 1.85 bits per heavy atom. The molecule has 0 saturated carbocycles. The summed E-state index contributed by atoms with van der Waals surface area (Å²) in [4.78, 5) is 28.5. The summed E-state index contributed by atoms with van der Waals surface area (Å²) in [5.41, 5.74) is 10.4. The summed E-state index contributed by atoms with van der Waals surface area (Å²) in [6, 6.07) is 51.6. The largest absolute Gasteiger partial charge is 0.512 e. The van der Waals surface area contributed by atoms with Crippen LogP contribution in [0, 0.1) is 6.07 Å². The van der Waals surface area contributed by atoms with Crippen LogP contribution in [0.3, 0.4) is 0 Å². The Labute approximate surface area is 331 Å². The van der Waals surface area contributed by atoms with Gasteiger partial charge < -0.3 is 14.7 Å². The van der Waals surface area contributed by atoms with Gasteiger partial charge in [-0.05, 0) is 52.5 Å². The zero-order chi connectivity index (χ0) is 36.8. The fourth-order valence-electron chi connectivity index (χ4n) is 7.39. The third-order valence-corrected chi connectivity index (χ3v) is 9.55. The SMILES string of the molecule is CC(=[OH+])/C=C(/C)O.[Ir].[c-]1cc2c3ccccc3n(-c3ccccc3)c2c2c1-c1ncc(-c3nc(-c4ccccc4)nc(-c4ccccc4)n3)c3cccc-2c13. The number of aliphatic hydroxyl groups excluding tert-OH is 1. The van der Waals surface area contributed by atoms with Crippen molar-refractivity contribution in [2.75, 3.05) is 0 Å². The molecule has 10 rings (SSSR count). The number of rotatable bonds is 5. The summed E-state index contributed by atoms with van der Waals surface area (Å²) >= 11 is 0. The monoisotopic (exact) mass is 892 g/mol. The van der Waals surface area contributed by atoms with Gasteiger partial charge in [0.05, 0.1) is 18.8 Å². The molecule has 0 atom stereocenters. The first kappa shape index (κ1) is 35.4. The van der Waals surface area contributed by atoms with Crippen LogP contribution >= 0.6 is 0 Å². The zero-order valence-corrected chi connectivity index (χ0v) is 32.3. The van der Waals surface area contributed by atoms with Crippen molar-refractivity contribution in [2.24, 2.45) is 0 Å². The minimum Gasteiger partial charge on any atom is -0.512 e. The molecule has 0 bridgehead atoms. The molecule has 0 saturated heterocycles. The van der Waals surface area contributed by atoms with Crippen molar-refractivity contribution in [3.8, 4) is 62.2 Å². The molecular weight excluding hydrogens is 859 g/mol. The predicted molar refractivity (Wildman–Crippen MR) is 218 cm³/mol. The number of hydrogen-bond acceptors (Lipinski definition) is 5. The van der Waals surface area contributed by atoms with Gasteiger partial charge in [-0.3, -0.25) is 4.79 Å². The second kappa shape index (κ2) is 14.7. The first-order chi connectivity index (χ1) is 26.5. The Bertz CT molecular complexity index is 2860. The second-order valence-corrected chi connectivity index (χ2v) is 13.2. The molecule has 3 heterocycles. The minimum absolute atomic E-state index is 0. The standard InChI is InChI=1S/C42H24N5.C5H8O2.Ir/c1-4-13-26(14-5-1)40-44-41(27-15-6-2-7-16-27)46-42(45-40)34-25-43-38-33-24-23-31-29-19-10-11-22-35(29)47(28-17-8-3-9-18-28)39(31)37(33)32-21-12-20-30(34)36(32)38;1-4(6)3-5(2)7;/h1-23,25H;3,6H,1-2H3;/q-1;;/p+1/b;4-3-;. The maximum Gasteiger partial charge on any atom is 0.316 e. The van der Waals surface area contributed by atoms with E-state index in [0.29, 0.717) is 17.5 Å². The Balaban J connectivity index is 0.000000491. The smallest absolute Gasteiger partial charge is 0.316 e. The van der Waals surface area contributed by atoms with E-state index in [4.69, 9.17) is 29.8 Å². The molecule has 9 aromatic rings. The van der Waals surface area contributed by atoms with Gasteiger partial charge in [-0.2, -0.15) is 0 Å². The summed E-state index contributed by atoms with van der Waals surface area (Å²) in [7, 11) is 0. The van der Waals surface area contributed by atoms with Crippen molar-refractivity contribution in [3.63, 3.8) is 0 Å². The van der Waals surface area contributed by atoms with Crippen LogP contribution in [0.25, 0.3) is 94.8 Å². The van der Waals surface area contributed by atoms with Crippen molar-refractivity contribution in [1.82, 2.24) is 24.5 Å². The maximum atomic E-state index is 8.40. The van der Waals surface area contributed by atoms with Gasteiger partial charge in [0.25, 0.3) is 0 Å². The van der Waals surface area contributed by atoms with Crippen molar-refractivity contribution < 1.29 is 30.0 Å². The molecule has 0 fully saturated rings. The van der Waals surface area contributed by atoms with E-state index in [0.717, 1.165) is 61.1 Å². The van der Waals surface area contributed by atoms with Gasteiger partial charge in [-0.25, -0.2) is 15.0 Å². The number of ketones is 1. The molecule has 0 spiro atoms. The number of fused-ring (bicyclic) bond motifs is 7. The van der Waals surface area contributed by atoms with Gasteiger partial charge in [0.2, 0.25) is 0 Å². The van der Waals surface area contributed by atoms with Gasteiger partial charge in [0.1, 0.15) is 0 Å². The molecule has 8 heteroatoms. The van der Waals surface area contributed by atoms with E-state index in [1.54, 1.807) is 0 Å². The third-order valence-electron chi connectivity index (χ3n) is 9.55. The Kier molecular flexibility index (Phi) is 9.45. The van der Waals surface area contributed by atoms with Crippen molar-refractivity contribution >= 4 is 38.4 Å². The van der Waals surface area contributed by atoms with Crippen molar-refractivity contribution in [2.45, 2.75) is 13.8 Å². The quantitative estimate of drug-likeness (QED) is 0.0803. The summed E-state index contributed by atoms with van der Waals surface area (Å²) in [6.45, 7) is 3.00. The Morgan fingerprint density at radius 2 is 1.24 bits per heavy atom. The number of aromatic nitrogens is 5. The fourth-order valence-corrected chi connectivity index (χ4v) is 7.39. The average molecular weight is 892 g/mol. The summed E-state index contributed by atoms with van der Waals surface area (Å²) in [5, 5.41) is 12.9. The number of aliphatic hydroxyl groups is 1. The van der Waals surface area contributed by atoms with Crippen LogP contribution in [0.15, 0.2) is 158 Å². The second-order valence-electron chi connectivity index (χ2n) is 13.2. The van der Waals surface area contributed by atoms with Crippen LogP contribution in [-0.4, -0.2) is 40.2 Å². The molecule has 0 unspecified atom stereocenters. The van der Waals surface area contributed by atoms with E-state index in [2.05, 4.69) is 89.5 Å². The first-order valence-corrected chi connectivity index (χ1v) is 17.7. The normalized spacial score (nSPS) is 11.6. The van der Waals surface area contributed by atoms with E-state index in [9.17, 15) is 0 Å². The molecule has 3 aromatic heterocycles. The Hall–Kier alpha value is -6.60. The van der Waals surface area contributed by atoms with Crippen LogP contribution in [0.5, 0.6) is 0 Å². The van der Waals surface area contributed by atoms with Gasteiger partial charge in [-0.15, -0.1) is 17.7 Å². The molecule has 1 aliphatic rings. The van der Waals surface area contributed by atoms with E-state index < -0.39 is 0 Å². The number of pyridine rings is 1. The molecule has 0 aliphatic heterocycles. The zero-order valence-electron chi connectivity index (χ0n) is 29.9. The molecule has 7 nitrogen and oxygen atoms in total. The van der Waals surface area contributed by atoms with Crippen molar-refractivity contribution in [3.05, 3.63) is 164 Å². The molecule has 267 valence electrons. The van der Waals surface area contributed by atoms with Gasteiger partial charge >= 0.3 is 5.78 Å². The number of nitrogens with zero attached hydrogens (tertiary/aromatic N) is 5. The molecule has 6 aromatic carbocycles. The molecule has 0 amide bonds. The molecule has 55 heavy (non-hydrogen) atoms. The molecule has 2 N–H and O–H groups in total. The van der Waals surface area contributed by atoms with Crippen LogP contribution in [0.4, 0.5) is 0 Å². The third kappa shape index (κ3) is 6.31. The Morgan fingerprint density at radius 1 is 0.655 bits per heavy atom. The summed E-state index contributed by atoms with van der Waals surface area (Å²) < 4.78 is 2.38. The summed E-state index contributed by atoms with van der Waals surface area (Å²) in [6.07, 6.45) is 3.19. The van der Waals surface area contributed by atoms with Gasteiger partial charge in [-0.1, -0.05) is 132 Å². The van der Waals surface area contributed by atoms with Gasteiger partial charge in [0, 0.05) is 54.2 Å². The molecule has 1 aliphatic carbocycles. The van der Waals surface area contributed by atoms with Crippen LogP contribution < -0.4 is 0 Å². The predicted octanol–water partition coefficient (Wildman–Crippen LogP) is 11.0. The number of benzene rings is 6. The number of carbonyl (C=O) groups excluding carboxylic acids is 1. The van der Waals surface area contributed by atoms with Crippen molar-refractivity contribution in [1.29, 1.82) is 0 Å². The first-order valence-electron chi connectivity index (χ1n) is 17.7. The summed E-state index contributed by atoms with van der Waals surface area (Å²) in [5.74, 6) is 2.10. The van der Waals surface area contributed by atoms with E-state index in [-0.39, 0.29) is 31.6 Å². The van der Waals surface area contributed by atoms with E-state index in [1.165, 1.54) is 36.2 Å². The number of para-hydroxylation sites is 2. The van der Waals surface area contributed by atoms with E-state index in [1.807, 2.05) is 66.9 Å². The van der Waals surface area contributed by atoms with Crippen LogP contribution in [0.1, 0.15) is 13.8 Å². The minimum atomic E-state index is 0. The maximum absolute atomic E-state index is 8.40. The van der Waals surface area contributed by atoms with E-state index >= 15 is 0 Å². The van der Waals surface area contributed by atoms with Gasteiger partial charge in [0.15, 0.2) is 17.5 Å². The number of allylic oxidation sites excluding steroid dienone is 2. The molecular formula is C47H33IrN5O2. The molecule has 1 radical (unpaired) electrons.